The van der Waals surface area contributed by atoms with Gasteiger partial charge in [0.1, 0.15) is 0 Å². The Labute approximate surface area is 124 Å². The molecule has 1 aromatic carbocycles. The lowest BCUT2D eigenvalue weighted by Gasteiger charge is -2.23. The maximum Gasteiger partial charge on any atom is 0.267 e. The van der Waals surface area contributed by atoms with E-state index in [0.717, 1.165) is 49.3 Å². The summed E-state index contributed by atoms with van der Waals surface area (Å²) in [5.74, 6) is 0.544. The number of hydrogen-bond donors (Lipinski definition) is 1. The molecular weight excluding hydrogens is 262 g/mol. The van der Waals surface area contributed by atoms with Crippen molar-refractivity contribution in [1.29, 1.82) is 0 Å². The first-order valence-electron chi connectivity index (χ1n) is 7.59. The molecule has 0 amide bonds. The Kier molecular flexibility index (Phi) is 4.15. The van der Waals surface area contributed by atoms with Crippen molar-refractivity contribution in [3.05, 3.63) is 52.3 Å². The van der Waals surface area contributed by atoms with Crippen molar-refractivity contribution >= 4 is 0 Å². The van der Waals surface area contributed by atoms with Gasteiger partial charge >= 0.3 is 0 Å². The van der Waals surface area contributed by atoms with Gasteiger partial charge in [0.25, 0.3) is 5.56 Å². The van der Waals surface area contributed by atoms with Crippen LogP contribution < -0.4 is 10.9 Å². The van der Waals surface area contributed by atoms with Crippen LogP contribution in [0.25, 0.3) is 11.3 Å². The Bertz CT molecular complexity index is 657. The SMILES string of the molecule is Cc1cc(=O)n(CC2CCNCC2)nc1-c1ccccc1. The normalized spacial score (nSPS) is 16.0. The second-order valence-electron chi connectivity index (χ2n) is 5.76. The highest BCUT2D eigenvalue weighted by Crippen LogP contribution is 2.19. The fourth-order valence-corrected chi connectivity index (χ4v) is 2.90. The van der Waals surface area contributed by atoms with Crippen LogP contribution in [0.1, 0.15) is 18.4 Å². The van der Waals surface area contributed by atoms with E-state index in [9.17, 15) is 4.79 Å². The lowest BCUT2D eigenvalue weighted by molar-refractivity contribution is 0.315. The highest BCUT2D eigenvalue weighted by molar-refractivity contribution is 5.61. The Morgan fingerprint density at radius 3 is 2.67 bits per heavy atom. The number of aromatic nitrogens is 2. The van der Waals surface area contributed by atoms with Gasteiger partial charge in [-0.3, -0.25) is 4.79 Å². The lowest BCUT2D eigenvalue weighted by atomic mass is 9.98. The summed E-state index contributed by atoms with van der Waals surface area (Å²) in [6.45, 7) is 4.75. The van der Waals surface area contributed by atoms with Gasteiger partial charge in [-0.15, -0.1) is 0 Å². The second kappa shape index (κ2) is 6.22. The molecule has 21 heavy (non-hydrogen) atoms. The Morgan fingerprint density at radius 2 is 1.95 bits per heavy atom. The van der Waals surface area contributed by atoms with Crippen molar-refractivity contribution in [2.45, 2.75) is 26.3 Å². The average Bonchev–Trinajstić information content (AvgIpc) is 2.52. The molecule has 0 radical (unpaired) electrons. The predicted molar refractivity (Wildman–Crippen MR) is 84.3 cm³/mol. The van der Waals surface area contributed by atoms with Crippen LogP contribution in [-0.2, 0) is 6.54 Å². The van der Waals surface area contributed by atoms with Gasteiger partial charge < -0.3 is 5.32 Å². The predicted octanol–water partition coefficient (Wildman–Crippen LogP) is 2.22. The Morgan fingerprint density at radius 1 is 1.24 bits per heavy atom. The van der Waals surface area contributed by atoms with Crippen LogP contribution in [-0.4, -0.2) is 22.9 Å². The minimum absolute atomic E-state index is 0.00529. The topological polar surface area (TPSA) is 46.9 Å². The highest BCUT2D eigenvalue weighted by Gasteiger charge is 2.16. The van der Waals surface area contributed by atoms with Gasteiger partial charge in [0.05, 0.1) is 5.69 Å². The van der Waals surface area contributed by atoms with Crippen LogP contribution in [0, 0.1) is 12.8 Å². The third-order valence-electron chi connectivity index (χ3n) is 4.13. The molecule has 1 aromatic heterocycles. The lowest BCUT2D eigenvalue weighted by Crippen LogP contribution is -2.33. The number of piperidine rings is 1. The van der Waals surface area contributed by atoms with Gasteiger partial charge in [0, 0.05) is 18.2 Å². The molecule has 2 aromatic rings. The molecule has 110 valence electrons. The summed E-state index contributed by atoms with van der Waals surface area (Å²) in [6, 6.07) is 11.8. The van der Waals surface area contributed by atoms with E-state index in [1.165, 1.54) is 0 Å². The monoisotopic (exact) mass is 283 g/mol. The van der Waals surface area contributed by atoms with E-state index in [2.05, 4.69) is 10.4 Å². The fourth-order valence-electron chi connectivity index (χ4n) is 2.90. The maximum absolute atomic E-state index is 12.2. The largest absolute Gasteiger partial charge is 0.317 e. The minimum atomic E-state index is 0.00529. The van der Waals surface area contributed by atoms with Crippen LogP contribution in [0.2, 0.25) is 0 Å². The summed E-state index contributed by atoms with van der Waals surface area (Å²) in [5, 5.41) is 7.97. The zero-order valence-electron chi connectivity index (χ0n) is 12.4. The first-order valence-corrected chi connectivity index (χ1v) is 7.59. The maximum atomic E-state index is 12.2. The van der Waals surface area contributed by atoms with Gasteiger partial charge in [0.15, 0.2) is 0 Å². The van der Waals surface area contributed by atoms with Crippen molar-refractivity contribution in [3.8, 4) is 11.3 Å². The molecule has 0 bridgehead atoms. The van der Waals surface area contributed by atoms with Gasteiger partial charge in [0.2, 0.25) is 0 Å². The molecule has 0 saturated carbocycles. The summed E-state index contributed by atoms with van der Waals surface area (Å²) in [5.41, 5.74) is 2.91. The summed E-state index contributed by atoms with van der Waals surface area (Å²) in [6.07, 6.45) is 2.23. The van der Waals surface area contributed by atoms with E-state index < -0.39 is 0 Å². The molecule has 3 rings (SSSR count). The van der Waals surface area contributed by atoms with E-state index in [4.69, 9.17) is 0 Å². The van der Waals surface area contributed by atoms with Crippen molar-refractivity contribution in [2.24, 2.45) is 5.92 Å². The number of nitrogens with one attached hydrogen (secondary N) is 1. The molecule has 4 heteroatoms. The number of rotatable bonds is 3. The summed E-state index contributed by atoms with van der Waals surface area (Å²) >= 11 is 0. The van der Waals surface area contributed by atoms with Crippen LogP contribution in [0.5, 0.6) is 0 Å². The van der Waals surface area contributed by atoms with Crippen molar-refractivity contribution in [2.75, 3.05) is 13.1 Å². The second-order valence-corrected chi connectivity index (χ2v) is 5.76. The van der Waals surface area contributed by atoms with Crippen LogP contribution >= 0.6 is 0 Å². The molecule has 4 nitrogen and oxygen atoms in total. The van der Waals surface area contributed by atoms with Gasteiger partial charge in [-0.1, -0.05) is 30.3 Å². The summed E-state index contributed by atoms with van der Waals surface area (Å²) < 4.78 is 1.64. The molecule has 1 fully saturated rings. The smallest absolute Gasteiger partial charge is 0.267 e. The zero-order valence-corrected chi connectivity index (χ0v) is 12.4. The Hall–Kier alpha value is -1.94. The molecule has 1 saturated heterocycles. The fraction of sp³-hybridized carbons (Fsp3) is 0.412. The summed E-state index contributed by atoms with van der Waals surface area (Å²) in [4.78, 5) is 12.2. The third-order valence-corrected chi connectivity index (χ3v) is 4.13. The van der Waals surface area contributed by atoms with Crippen molar-refractivity contribution < 1.29 is 0 Å². The molecule has 1 aliphatic heterocycles. The van der Waals surface area contributed by atoms with E-state index in [-0.39, 0.29) is 5.56 Å². The first-order chi connectivity index (χ1) is 10.2. The summed E-state index contributed by atoms with van der Waals surface area (Å²) in [7, 11) is 0. The average molecular weight is 283 g/mol. The quantitative estimate of drug-likeness (QED) is 0.939. The van der Waals surface area contributed by atoms with Crippen LogP contribution in [0.4, 0.5) is 0 Å². The van der Waals surface area contributed by atoms with Crippen molar-refractivity contribution in [1.82, 2.24) is 15.1 Å². The van der Waals surface area contributed by atoms with E-state index in [1.807, 2.05) is 37.3 Å². The number of nitrogens with zero attached hydrogens (tertiary/aromatic N) is 2. The van der Waals surface area contributed by atoms with Crippen molar-refractivity contribution in [3.63, 3.8) is 0 Å². The number of benzene rings is 1. The van der Waals surface area contributed by atoms with Crippen LogP contribution in [0.15, 0.2) is 41.2 Å². The highest BCUT2D eigenvalue weighted by atomic mass is 16.1. The molecule has 0 atom stereocenters. The molecular formula is C17H21N3O. The standard InChI is InChI=1S/C17H21N3O/c1-13-11-16(21)20(12-14-7-9-18-10-8-14)19-17(13)15-5-3-2-4-6-15/h2-6,11,14,18H,7-10,12H2,1H3. The molecule has 0 aliphatic carbocycles. The van der Waals surface area contributed by atoms with Gasteiger partial charge in [-0.2, -0.15) is 5.10 Å². The van der Waals surface area contributed by atoms with E-state index in [1.54, 1.807) is 10.7 Å². The molecule has 0 unspecified atom stereocenters. The minimum Gasteiger partial charge on any atom is -0.317 e. The van der Waals surface area contributed by atoms with Crippen LogP contribution in [0.3, 0.4) is 0 Å². The zero-order chi connectivity index (χ0) is 14.7. The first kappa shape index (κ1) is 14.0. The van der Waals surface area contributed by atoms with Gasteiger partial charge in [-0.05, 0) is 44.3 Å². The molecule has 1 N–H and O–H groups in total. The molecule has 1 aliphatic rings. The number of aryl methyl sites for hydroxylation is 1. The molecule has 0 spiro atoms. The third kappa shape index (κ3) is 3.22. The molecule has 2 heterocycles. The Balaban J connectivity index is 1.92. The van der Waals surface area contributed by atoms with E-state index >= 15 is 0 Å². The number of hydrogen-bond acceptors (Lipinski definition) is 3. The van der Waals surface area contributed by atoms with Gasteiger partial charge in [-0.25, -0.2) is 4.68 Å². The van der Waals surface area contributed by atoms with E-state index in [0.29, 0.717) is 5.92 Å².